The molecule has 2 atom stereocenters. The smallest absolute Gasteiger partial charge is 0.338 e. The van der Waals surface area contributed by atoms with Crippen LogP contribution < -0.4 is 9.47 Å². The Morgan fingerprint density at radius 3 is 1.15 bits per heavy atom. The summed E-state index contributed by atoms with van der Waals surface area (Å²) in [7, 11) is 0. The maximum absolute atomic E-state index is 13.1. The number of imide groups is 2. The van der Waals surface area contributed by atoms with Gasteiger partial charge >= 0.3 is 24.8 Å². The van der Waals surface area contributed by atoms with Crippen molar-refractivity contribution in [3.63, 3.8) is 0 Å². The topological polar surface area (TPSA) is 152 Å². The van der Waals surface area contributed by atoms with Gasteiger partial charge in [0.2, 0.25) is 23.6 Å². The average molecular weight is 789 g/mol. The molecule has 2 heterocycles. The molecule has 14 nitrogen and oxygen atoms in total. The molecule has 4 rings (SSSR count). The molecule has 0 spiro atoms. The van der Waals surface area contributed by atoms with Crippen LogP contribution in [0.3, 0.4) is 0 Å². The zero-order valence-electron chi connectivity index (χ0n) is 24.8. The van der Waals surface area contributed by atoms with Crippen molar-refractivity contribution in [2.24, 2.45) is 0 Å². The van der Waals surface area contributed by atoms with E-state index in [1.165, 1.54) is 34.1 Å². The van der Waals surface area contributed by atoms with Gasteiger partial charge in [-0.1, -0.05) is 69.6 Å². The van der Waals surface area contributed by atoms with E-state index in [-0.39, 0.29) is 80.9 Å². The number of esters is 2. The van der Waals surface area contributed by atoms with Gasteiger partial charge in [0, 0.05) is 39.1 Å². The van der Waals surface area contributed by atoms with Gasteiger partial charge in [0.15, 0.2) is 0 Å². The van der Waals surface area contributed by atoms with Crippen LogP contribution >= 0.6 is 69.6 Å². The standard InChI is InChI=1S/C28H24Cl6N4O10/c1-13(39)45-27(47-21-7-17(31)15(29)5-19(21)33)37-23(41)9-35(10-24(37)42)3-4-36-11-25(43)38(26(44)12-36)28(46-14(2)40)48-22-8-18(32)16(30)6-20(22)34/h5-8,27-28H,3-4,9-12H2,1-2H3. The Hall–Kier alpha value is -3.08. The molecule has 2 unspecified atom stereocenters. The number of rotatable bonds is 11. The third-order valence-corrected chi connectivity index (χ3v) is 8.64. The molecule has 4 amide bonds. The first-order valence-corrected chi connectivity index (χ1v) is 15.9. The second-order valence-electron chi connectivity index (χ2n) is 10.2. The van der Waals surface area contributed by atoms with Gasteiger partial charge in [-0.15, -0.1) is 0 Å². The monoisotopic (exact) mass is 786 g/mol. The van der Waals surface area contributed by atoms with Crippen LogP contribution in [0, 0.1) is 0 Å². The quantitative estimate of drug-likeness (QED) is 0.140. The summed E-state index contributed by atoms with van der Waals surface area (Å²) in [5, 5.41) is 0.316. The van der Waals surface area contributed by atoms with Gasteiger partial charge in [0.1, 0.15) is 11.5 Å². The van der Waals surface area contributed by atoms with E-state index >= 15 is 0 Å². The third kappa shape index (κ3) is 9.33. The van der Waals surface area contributed by atoms with Crippen LogP contribution in [0.4, 0.5) is 0 Å². The average Bonchev–Trinajstić information content (AvgIpc) is 2.96. The lowest BCUT2D eigenvalue weighted by atomic mass is 10.2. The first kappa shape index (κ1) is 37.7. The van der Waals surface area contributed by atoms with Crippen molar-refractivity contribution in [1.29, 1.82) is 0 Å². The number of carbonyl (C=O) groups excluding carboxylic acids is 6. The van der Waals surface area contributed by atoms with E-state index in [1.807, 2.05) is 0 Å². The molecule has 2 saturated heterocycles. The SMILES string of the molecule is CC(=O)OC(Oc1cc(Cl)c(Cl)cc1Cl)N1C(=O)CN(CCN2CC(=O)N(C(OC(C)=O)Oc3cc(Cl)c(Cl)cc3Cl)C(=O)C2)CC1=O. The van der Waals surface area contributed by atoms with Crippen molar-refractivity contribution in [3.05, 3.63) is 54.4 Å². The Kier molecular flexibility index (Phi) is 12.6. The molecule has 0 radical (unpaired) electrons. The normalized spacial score (nSPS) is 17.3. The Balaban J connectivity index is 1.39. The number of carbonyl (C=O) groups is 6. The molecule has 0 saturated carbocycles. The minimum atomic E-state index is -1.80. The van der Waals surface area contributed by atoms with Crippen LogP contribution in [0.15, 0.2) is 24.3 Å². The van der Waals surface area contributed by atoms with Crippen molar-refractivity contribution in [2.75, 3.05) is 39.3 Å². The fourth-order valence-electron chi connectivity index (χ4n) is 4.48. The largest absolute Gasteiger partial charge is 0.435 e. The zero-order valence-corrected chi connectivity index (χ0v) is 29.4. The molecule has 2 aromatic rings. The van der Waals surface area contributed by atoms with Gasteiger partial charge in [-0.2, -0.15) is 0 Å². The highest BCUT2D eigenvalue weighted by atomic mass is 35.5. The van der Waals surface area contributed by atoms with Crippen molar-refractivity contribution >= 4 is 105 Å². The predicted octanol–water partition coefficient (Wildman–Crippen LogP) is 4.10. The molecule has 20 heteroatoms. The van der Waals surface area contributed by atoms with Gasteiger partial charge in [0.25, 0.3) is 0 Å². The van der Waals surface area contributed by atoms with E-state index in [2.05, 4.69) is 0 Å². The first-order valence-electron chi connectivity index (χ1n) is 13.6. The molecule has 48 heavy (non-hydrogen) atoms. The number of piperazine rings is 2. The van der Waals surface area contributed by atoms with Gasteiger partial charge in [0.05, 0.1) is 56.3 Å². The molecular weight excluding hydrogens is 765 g/mol. The number of amides is 4. The van der Waals surface area contributed by atoms with E-state index in [0.29, 0.717) is 9.80 Å². The van der Waals surface area contributed by atoms with Crippen LogP contribution in [0.1, 0.15) is 13.8 Å². The zero-order chi connectivity index (χ0) is 35.4. The number of hydrogen-bond donors (Lipinski definition) is 0. The van der Waals surface area contributed by atoms with Crippen LogP contribution in [-0.4, -0.2) is 107 Å². The highest BCUT2D eigenvalue weighted by Crippen LogP contribution is 2.36. The lowest BCUT2D eigenvalue weighted by Crippen LogP contribution is -2.62. The van der Waals surface area contributed by atoms with Crippen molar-refractivity contribution in [3.8, 4) is 11.5 Å². The Labute approximate surface area is 303 Å². The van der Waals surface area contributed by atoms with Crippen LogP contribution in [0.2, 0.25) is 30.1 Å². The minimum absolute atomic E-state index is 0.0202. The molecule has 2 aromatic carbocycles. The van der Waals surface area contributed by atoms with Crippen molar-refractivity contribution in [1.82, 2.24) is 19.6 Å². The lowest BCUT2D eigenvalue weighted by molar-refractivity contribution is -0.205. The summed E-state index contributed by atoms with van der Waals surface area (Å²) in [6, 6.07) is 5.02. The summed E-state index contributed by atoms with van der Waals surface area (Å²) in [4.78, 5) is 80.3. The fraction of sp³-hybridized carbons (Fsp3) is 0.357. The number of benzene rings is 2. The van der Waals surface area contributed by atoms with Gasteiger partial charge in [-0.05, 0) is 12.1 Å². The minimum Gasteiger partial charge on any atom is -0.435 e. The van der Waals surface area contributed by atoms with E-state index in [0.717, 1.165) is 13.8 Å². The molecule has 2 aliphatic heterocycles. The molecular formula is C28H24Cl6N4O10. The Bertz CT molecular complexity index is 1510. The molecule has 0 bridgehead atoms. The fourth-order valence-corrected chi connectivity index (χ4v) is 5.64. The maximum atomic E-state index is 13.1. The molecule has 0 N–H and O–H groups in total. The van der Waals surface area contributed by atoms with Crippen molar-refractivity contribution in [2.45, 2.75) is 26.7 Å². The second kappa shape index (κ2) is 16.1. The molecule has 258 valence electrons. The Morgan fingerprint density at radius 1 is 0.562 bits per heavy atom. The van der Waals surface area contributed by atoms with Crippen molar-refractivity contribution < 1.29 is 47.7 Å². The van der Waals surface area contributed by atoms with Crippen LogP contribution in [0.5, 0.6) is 11.5 Å². The van der Waals surface area contributed by atoms with Gasteiger partial charge < -0.3 is 18.9 Å². The van der Waals surface area contributed by atoms with E-state index in [1.54, 1.807) is 0 Å². The van der Waals surface area contributed by atoms with E-state index < -0.39 is 48.4 Å². The summed E-state index contributed by atoms with van der Waals surface area (Å²) in [6.45, 7) is 1.03. The second-order valence-corrected chi connectivity index (χ2v) is 12.6. The summed E-state index contributed by atoms with van der Waals surface area (Å²) in [5.74, 6) is -4.99. The first-order chi connectivity index (χ1) is 22.5. The molecule has 2 fully saturated rings. The lowest BCUT2D eigenvalue weighted by Gasteiger charge is -2.38. The number of halogens is 6. The summed E-state index contributed by atoms with van der Waals surface area (Å²) in [5.41, 5.74) is 0. The third-order valence-electron chi connectivity index (χ3n) is 6.60. The Morgan fingerprint density at radius 2 is 0.854 bits per heavy atom. The van der Waals surface area contributed by atoms with Gasteiger partial charge in [-0.3, -0.25) is 38.6 Å². The number of nitrogens with zero attached hydrogens (tertiary/aromatic N) is 4. The molecule has 0 aromatic heterocycles. The molecule has 2 aliphatic rings. The van der Waals surface area contributed by atoms with E-state index in [4.69, 9.17) is 88.6 Å². The molecule has 0 aliphatic carbocycles. The highest BCUT2D eigenvalue weighted by molar-refractivity contribution is 6.44. The van der Waals surface area contributed by atoms with Crippen LogP contribution in [0.25, 0.3) is 0 Å². The number of ether oxygens (including phenoxy) is 4. The van der Waals surface area contributed by atoms with Crippen LogP contribution in [-0.2, 0) is 38.2 Å². The number of hydrogen-bond acceptors (Lipinski definition) is 12. The summed E-state index contributed by atoms with van der Waals surface area (Å²) < 4.78 is 21.4. The van der Waals surface area contributed by atoms with Gasteiger partial charge in [-0.25, -0.2) is 9.80 Å². The predicted molar refractivity (Wildman–Crippen MR) is 172 cm³/mol. The summed E-state index contributed by atoms with van der Waals surface area (Å²) in [6.07, 6.45) is -3.59. The summed E-state index contributed by atoms with van der Waals surface area (Å²) >= 11 is 36.2. The highest BCUT2D eigenvalue weighted by Gasteiger charge is 2.42. The van der Waals surface area contributed by atoms with E-state index in [9.17, 15) is 28.8 Å². The maximum Gasteiger partial charge on any atom is 0.338 e.